The number of Topliss-reactive ketones (excluding diaryl/α,β-unsaturated/α-hetero) is 2. The standard InChI is InChI=1S/C29H30N2O7/c1-13(32)14-4-6-15(7-5-14)17-8-9-21(33)23-18(17)10-16-11-20-24(31(2)3)25(34)19(28(30)37)12-29(20,38)27(36)22(16)26(23)35/h4-9,16,20,24,33-34,36,38H,10-12H2,1-3H3,(H2,30,37). The number of allylic oxidation sites excluding steroid dienone is 1. The number of ketones is 2. The monoisotopic (exact) mass is 518 g/mol. The normalized spacial score (nSPS) is 26.7. The highest BCUT2D eigenvalue weighted by molar-refractivity contribution is 6.14. The predicted octanol–water partition coefficient (Wildman–Crippen LogP) is 2.81. The molecular weight excluding hydrogens is 488 g/mol. The summed E-state index contributed by atoms with van der Waals surface area (Å²) in [6.45, 7) is 1.48. The topological polar surface area (TPSA) is 161 Å². The van der Waals surface area contributed by atoms with Gasteiger partial charge >= 0.3 is 0 Å². The van der Waals surface area contributed by atoms with Crippen molar-refractivity contribution in [3.8, 4) is 16.9 Å². The second-order valence-corrected chi connectivity index (χ2v) is 10.7. The Morgan fingerprint density at radius 3 is 2.29 bits per heavy atom. The van der Waals surface area contributed by atoms with Gasteiger partial charge in [-0.25, -0.2) is 0 Å². The number of carbonyl (C=O) groups excluding carboxylic acids is 3. The third-order valence-corrected chi connectivity index (χ3v) is 8.31. The molecule has 9 heteroatoms. The average molecular weight is 519 g/mol. The molecule has 2 aromatic rings. The molecule has 0 heterocycles. The first-order valence-corrected chi connectivity index (χ1v) is 12.4. The summed E-state index contributed by atoms with van der Waals surface area (Å²) < 4.78 is 0. The molecule has 38 heavy (non-hydrogen) atoms. The number of likely N-dealkylation sites (N-methyl/N-ethyl adjacent to an activating group) is 1. The summed E-state index contributed by atoms with van der Waals surface area (Å²) in [5, 5.41) is 44.8. The Morgan fingerprint density at radius 2 is 1.71 bits per heavy atom. The minimum Gasteiger partial charge on any atom is -0.510 e. The number of aromatic hydroxyl groups is 1. The molecule has 4 atom stereocenters. The predicted molar refractivity (Wildman–Crippen MR) is 139 cm³/mol. The van der Waals surface area contributed by atoms with E-state index in [0.29, 0.717) is 23.1 Å². The molecule has 0 radical (unpaired) electrons. The van der Waals surface area contributed by atoms with Gasteiger partial charge in [0.15, 0.2) is 11.6 Å². The lowest BCUT2D eigenvalue weighted by Gasteiger charge is -2.51. The summed E-state index contributed by atoms with van der Waals surface area (Å²) in [7, 11) is 3.37. The van der Waals surface area contributed by atoms with E-state index in [1.807, 2.05) is 0 Å². The minimum atomic E-state index is -2.00. The fourth-order valence-electron chi connectivity index (χ4n) is 6.49. The molecule has 5 rings (SSSR count). The number of carbonyl (C=O) groups is 3. The molecule has 0 saturated heterocycles. The van der Waals surface area contributed by atoms with Crippen LogP contribution in [-0.4, -0.2) is 68.5 Å². The van der Waals surface area contributed by atoms with Gasteiger partial charge in [-0.1, -0.05) is 30.3 Å². The molecule has 198 valence electrons. The van der Waals surface area contributed by atoms with E-state index in [2.05, 4.69) is 0 Å². The smallest absolute Gasteiger partial charge is 0.248 e. The van der Waals surface area contributed by atoms with Gasteiger partial charge in [-0.05, 0) is 62.5 Å². The number of primary amides is 1. The summed E-state index contributed by atoms with van der Waals surface area (Å²) in [6, 6.07) is 9.29. The number of phenolic OH excluding ortho intramolecular Hbond substituents is 1. The summed E-state index contributed by atoms with van der Waals surface area (Å²) in [4.78, 5) is 39.3. The number of hydrogen-bond donors (Lipinski definition) is 5. The molecule has 2 aromatic carbocycles. The summed E-state index contributed by atoms with van der Waals surface area (Å²) in [6.07, 6.45) is 0.0941. The molecule has 0 aromatic heterocycles. The van der Waals surface area contributed by atoms with Gasteiger partial charge in [0.25, 0.3) is 0 Å². The molecular formula is C29H30N2O7. The lowest BCUT2D eigenvalue weighted by Crippen LogP contribution is -2.59. The highest BCUT2D eigenvalue weighted by Crippen LogP contribution is 2.54. The molecule has 3 aliphatic carbocycles. The second kappa shape index (κ2) is 8.82. The molecule has 0 saturated carbocycles. The van der Waals surface area contributed by atoms with E-state index in [1.54, 1.807) is 49.3 Å². The van der Waals surface area contributed by atoms with E-state index in [9.17, 15) is 34.8 Å². The van der Waals surface area contributed by atoms with Crippen LogP contribution in [0.4, 0.5) is 0 Å². The highest BCUT2D eigenvalue weighted by Gasteiger charge is 2.58. The third kappa shape index (κ3) is 3.65. The zero-order chi connectivity index (χ0) is 27.7. The van der Waals surface area contributed by atoms with Gasteiger partial charge in [-0.2, -0.15) is 0 Å². The molecule has 3 aliphatic rings. The van der Waals surface area contributed by atoms with Gasteiger partial charge in [-0.15, -0.1) is 0 Å². The van der Waals surface area contributed by atoms with Crippen molar-refractivity contribution >= 4 is 17.5 Å². The molecule has 9 nitrogen and oxygen atoms in total. The van der Waals surface area contributed by atoms with Crippen molar-refractivity contribution in [2.24, 2.45) is 17.6 Å². The quantitative estimate of drug-likeness (QED) is 0.386. The summed E-state index contributed by atoms with van der Waals surface area (Å²) in [5.41, 5.74) is 5.96. The Morgan fingerprint density at radius 1 is 1.05 bits per heavy atom. The fourth-order valence-corrected chi connectivity index (χ4v) is 6.49. The number of rotatable bonds is 4. The van der Waals surface area contributed by atoms with Gasteiger partial charge in [0.1, 0.15) is 22.9 Å². The van der Waals surface area contributed by atoms with Crippen molar-refractivity contribution < 1.29 is 34.8 Å². The maximum Gasteiger partial charge on any atom is 0.248 e. The van der Waals surface area contributed by atoms with Gasteiger partial charge in [0.05, 0.1) is 17.2 Å². The van der Waals surface area contributed by atoms with Crippen LogP contribution in [0.1, 0.15) is 46.0 Å². The van der Waals surface area contributed by atoms with Crippen LogP contribution >= 0.6 is 0 Å². The molecule has 0 spiro atoms. The number of nitrogens with two attached hydrogens (primary N) is 1. The van der Waals surface area contributed by atoms with E-state index < -0.39 is 47.3 Å². The number of fused-ring (bicyclic) bond motifs is 3. The molecule has 4 unspecified atom stereocenters. The maximum absolute atomic E-state index is 13.8. The Bertz CT molecular complexity index is 1450. The first-order valence-electron chi connectivity index (χ1n) is 12.4. The van der Waals surface area contributed by atoms with Crippen LogP contribution in [0.3, 0.4) is 0 Å². The fraction of sp³-hybridized carbons (Fsp3) is 0.345. The van der Waals surface area contributed by atoms with Crippen LogP contribution in [0.25, 0.3) is 11.1 Å². The Balaban J connectivity index is 1.66. The first-order chi connectivity index (χ1) is 17.9. The minimum absolute atomic E-state index is 0.00153. The van der Waals surface area contributed by atoms with E-state index in [-0.39, 0.29) is 40.4 Å². The Kier molecular flexibility index (Phi) is 5.96. The summed E-state index contributed by atoms with van der Waals surface area (Å²) >= 11 is 0. The number of hydrogen-bond acceptors (Lipinski definition) is 8. The number of benzene rings is 2. The third-order valence-electron chi connectivity index (χ3n) is 8.31. The molecule has 0 bridgehead atoms. The number of aliphatic hydroxyl groups is 3. The zero-order valence-electron chi connectivity index (χ0n) is 21.4. The van der Waals surface area contributed by atoms with Crippen LogP contribution in [0.2, 0.25) is 0 Å². The van der Waals surface area contributed by atoms with Crippen molar-refractivity contribution in [1.29, 1.82) is 0 Å². The van der Waals surface area contributed by atoms with Crippen LogP contribution in [-0.2, 0) is 11.2 Å². The van der Waals surface area contributed by atoms with E-state index in [1.165, 1.54) is 13.0 Å². The molecule has 6 N–H and O–H groups in total. The van der Waals surface area contributed by atoms with E-state index in [4.69, 9.17) is 5.73 Å². The van der Waals surface area contributed by atoms with Crippen molar-refractivity contribution in [2.45, 2.75) is 37.8 Å². The average Bonchev–Trinajstić information content (AvgIpc) is 2.85. The first kappa shape index (κ1) is 25.7. The molecule has 1 amide bonds. The largest absolute Gasteiger partial charge is 0.510 e. The number of phenols is 1. The number of aliphatic hydroxyl groups excluding tert-OH is 2. The maximum atomic E-state index is 13.8. The van der Waals surface area contributed by atoms with Crippen molar-refractivity contribution in [1.82, 2.24) is 4.90 Å². The zero-order valence-corrected chi connectivity index (χ0v) is 21.4. The Hall–Kier alpha value is -3.95. The van der Waals surface area contributed by atoms with Crippen molar-refractivity contribution in [3.63, 3.8) is 0 Å². The van der Waals surface area contributed by atoms with Crippen LogP contribution < -0.4 is 5.73 Å². The number of nitrogens with zero attached hydrogens (tertiary/aromatic N) is 1. The Labute approximate surface area is 219 Å². The molecule has 0 aliphatic heterocycles. The van der Waals surface area contributed by atoms with Crippen LogP contribution in [0, 0.1) is 11.8 Å². The lowest BCUT2D eigenvalue weighted by molar-refractivity contribution is -0.118. The van der Waals surface area contributed by atoms with E-state index >= 15 is 0 Å². The lowest BCUT2D eigenvalue weighted by atomic mass is 9.59. The highest BCUT2D eigenvalue weighted by atomic mass is 16.3. The second-order valence-electron chi connectivity index (χ2n) is 10.7. The SMILES string of the molecule is CC(=O)c1ccc(-c2ccc(O)c3c2CC2CC4C(N(C)C)C(O)=C(C(N)=O)CC4(O)C(O)=C2C3=O)cc1. The van der Waals surface area contributed by atoms with Gasteiger partial charge in [0.2, 0.25) is 5.91 Å². The number of amides is 1. The van der Waals surface area contributed by atoms with Gasteiger partial charge < -0.3 is 26.2 Å². The van der Waals surface area contributed by atoms with Crippen LogP contribution in [0.5, 0.6) is 5.75 Å². The van der Waals surface area contributed by atoms with Gasteiger partial charge in [-0.3, -0.25) is 19.3 Å². The van der Waals surface area contributed by atoms with E-state index in [0.717, 1.165) is 5.56 Å². The van der Waals surface area contributed by atoms with Crippen molar-refractivity contribution in [3.05, 3.63) is 75.8 Å². The van der Waals surface area contributed by atoms with Crippen molar-refractivity contribution in [2.75, 3.05) is 14.1 Å². The van der Waals surface area contributed by atoms with Crippen LogP contribution in [0.15, 0.2) is 59.1 Å². The molecule has 0 fully saturated rings. The van der Waals surface area contributed by atoms with Gasteiger partial charge in [0, 0.05) is 23.5 Å². The summed E-state index contributed by atoms with van der Waals surface area (Å²) in [5.74, 6) is -3.88.